The lowest BCUT2D eigenvalue weighted by Crippen LogP contribution is -2.00. The van der Waals surface area contributed by atoms with Crippen LogP contribution in [0.1, 0.15) is 18.2 Å². The molecule has 0 radical (unpaired) electrons. The summed E-state index contributed by atoms with van der Waals surface area (Å²) in [5.74, 6) is 0.924. The van der Waals surface area contributed by atoms with Crippen LogP contribution in [-0.4, -0.2) is 0 Å². The van der Waals surface area contributed by atoms with E-state index in [2.05, 4.69) is 5.32 Å². The number of anilines is 1. The molecule has 2 aromatic rings. The summed E-state index contributed by atoms with van der Waals surface area (Å²) < 4.78 is 5.71. The van der Waals surface area contributed by atoms with Crippen molar-refractivity contribution in [1.82, 2.24) is 0 Å². The highest BCUT2D eigenvalue weighted by molar-refractivity contribution is 5.86. The monoisotopic (exact) mass is 276 g/mol. The van der Waals surface area contributed by atoms with E-state index in [0.717, 1.165) is 28.7 Å². The van der Waals surface area contributed by atoms with Crippen molar-refractivity contribution in [1.29, 1.82) is 15.8 Å². The topological polar surface area (TPSA) is 96.5 Å². The zero-order valence-corrected chi connectivity index (χ0v) is 11.7. The van der Waals surface area contributed by atoms with Gasteiger partial charge >= 0.3 is 0 Å². The lowest BCUT2D eigenvalue weighted by atomic mass is 10.1. The van der Waals surface area contributed by atoms with Crippen LogP contribution in [0, 0.1) is 40.9 Å². The van der Waals surface area contributed by atoms with Crippen LogP contribution >= 0.6 is 0 Å². The molecule has 1 aromatic heterocycles. The predicted octanol–water partition coefficient (Wildman–Crippen LogP) is 3.54. The second kappa shape index (κ2) is 5.82. The number of hydrogen-bond donors (Lipinski definition) is 1. The van der Waals surface area contributed by atoms with Gasteiger partial charge in [-0.15, -0.1) is 0 Å². The summed E-state index contributed by atoms with van der Waals surface area (Å²) in [4.78, 5) is 0. The summed E-state index contributed by atoms with van der Waals surface area (Å²) in [6.45, 7) is 4.00. The minimum Gasteiger partial charge on any atom is -0.461 e. The second-order valence-corrected chi connectivity index (χ2v) is 4.43. The molecule has 0 bridgehead atoms. The van der Waals surface area contributed by atoms with Crippen LogP contribution in [0.15, 0.2) is 33.9 Å². The Bertz CT molecular complexity index is 837. The van der Waals surface area contributed by atoms with Crippen molar-refractivity contribution in [2.75, 3.05) is 5.32 Å². The molecule has 0 spiro atoms. The summed E-state index contributed by atoms with van der Waals surface area (Å²) in [6.07, 6.45) is 0.805. The molecule has 5 heteroatoms. The first-order valence-electron chi connectivity index (χ1n) is 6.38. The van der Waals surface area contributed by atoms with Crippen LogP contribution in [0.3, 0.4) is 0 Å². The molecule has 2 rings (SSSR count). The third-order valence-corrected chi connectivity index (χ3v) is 3.21. The Kier molecular flexibility index (Phi) is 3.93. The van der Waals surface area contributed by atoms with Gasteiger partial charge in [0.2, 0.25) is 0 Å². The molecule has 0 aliphatic carbocycles. The van der Waals surface area contributed by atoms with E-state index in [4.69, 9.17) is 20.2 Å². The second-order valence-electron chi connectivity index (χ2n) is 4.43. The van der Waals surface area contributed by atoms with Crippen molar-refractivity contribution in [3.05, 3.63) is 40.8 Å². The van der Waals surface area contributed by atoms with Gasteiger partial charge in [-0.25, -0.2) is 0 Å². The summed E-state index contributed by atoms with van der Waals surface area (Å²) in [6, 6.07) is 10.6. The zero-order valence-electron chi connectivity index (χ0n) is 11.7. The summed E-state index contributed by atoms with van der Waals surface area (Å²) >= 11 is 0. The number of furan rings is 1. The Balaban J connectivity index is 2.48. The molecule has 0 amide bonds. The molecule has 21 heavy (non-hydrogen) atoms. The first-order valence-corrected chi connectivity index (χ1v) is 6.38. The Morgan fingerprint density at radius 1 is 1.19 bits per heavy atom. The van der Waals surface area contributed by atoms with Gasteiger partial charge in [0.25, 0.3) is 0 Å². The zero-order chi connectivity index (χ0) is 15.4. The average molecular weight is 276 g/mol. The van der Waals surface area contributed by atoms with E-state index in [1.807, 2.05) is 26.0 Å². The molecule has 0 atom stereocenters. The molecule has 0 unspecified atom stereocenters. The number of nitriles is 3. The SMILES string of the molecule is CCc1oc2ccc(NC(C#N)=C(C#N)C#N)cc2c1C. The van der Waals surface area contributed by atoms with Gasteiger partial charge in [-0.2, -0.15) is 15.8 Å². The third kappa shape index (κ3) is 2.56. The van der Waals surface area contributed by atoms with Gasteiger partial charge in [0.15, 0.2) is 5.57 Å². The smallest absolute Gasteiger partial charge is 0.163 e. The molecule has 5 nitrogen and oxygen atoms in total. The van der Waals surface area contributed by atoms with Crippen molar-refractivity contribution in [3.63, 3.8) is 0 Å². The highest BCUT2D eigenvalue weighted by Crippen LogP contribution is 2.28. The normalized spacial score (nSPS) is 9.48. The lowest BCUT2D eigenvalue weighted by molar-refractivity contribution is 0.553. The van der Waals surface area contributed by atoms with E-state index >= 15 is 0 Å². The molecule has 0 saturated heterocycles. The predicted molar refractivity (Wildman–Crippen MR) is 77.8 cm³/mol. The van der Waals surface area contributed by atoms with Crippen molar-refractivity contribution < 1.29 is 4.42 Å². The minimum atomic E-state index is -0.240. The fraction of sp³-hybridized carbons (Fsp3) is 0.188. The Hall–Kier alpha value is -3.23. The van der Waals surface area contributed by atoms with Gasteiger partial charge < -0.3 is 9.73 Å². The molecule has 1 aromatic carbocycles. The standard InChI is InChI=1S/C16H12N4O/c1-3-15-10(2)13-6-12(4-5-16(13)21-15)20-14(9-19)11(7-17)8-18/h4-6,20H,3H2,1-2H3. The Labute approximate surface area is 122 Å². The molecule has 0 aliphatic heterocycles. The molecular formula is C16H12N4O. The van der Waals surface area contributed by atoms with Gasteiger partial charge in [0.1, 0.15) is 35.2 Å². The first-order chi connectivity index (χ1) is 10.1. The highest BCUT2D eigenvalue weighted by Gasteiger charge is 2.11. The Morgan fingerprint density at radius 2 is 1.90 bits per heavy atom. The molecule has 1 N–H and O–H groups in total. The molecule has 102 valence electrons. The van der Waals surface area contributed by atoms with E-state index in [9.17, 15) is 0 Å². The quantitative estimate of drug-likeness (QED) is 0.865. The maximum Gasteiger partial charge on any atom is 0.163 e. The van der Waals surface area contributed by atoms with Crippen molar-refractivity contribution >= 4 is 16.7 Å². The van der Waals surface area contributed by atoms with Gasteiger partial charge in [0.05, 0.1) is 0 Å². The molecule has 0 fully saturated rings. The van der Waals surface area contributed by atoms with Gasteiger partial charge in [-0.05, 0) is 30.7 Å². The van der Waals surface area contributed by atoms with Crippen molar-refractivity contribution in [2.45, 2.75) is 20.3 Å². The summed E-state index contributed by atoms with van der Waals surface area (Å²) in [5, 5.41) is 30.4. The van der Waals surface area contributed by atoms with E-state index in [1.165, 1.54) is 0 Å². The van der Waals surface area contributed by atoms with E-state index < -0.39 is 0 Å². The van der Waals surface area contributed by atoms with Gasteiger partial charge in [-0.1, -0.05) is 6.92 Å². The number of rotatable bonds is 3. The third-order valence-electron chi connectivity index (χ3n) is 3.21. The summed E-state index contributed by atoms with van der Waals surface area (Å²) in [7, 11) is 0. The van der Waals surface area contributed by atoms with Crippen LogP contribution in [-0.2, 0) is 6.42 Å². The van der Waals surface area contributed by atoms with E-state index in [1.54, 1.807) is 24.3 Å². The van der Waals surface area contributed by atoms with Gasteiger partial charge in [0, 0.05) is 17.5 Å². The summed E-state index contributed by atoms with van der Waals surface area (Å²) in [5.41, 5.74) is 2.16. The Morgan fingerprint density at radius 3 is 2.48 bits per heavy atom. The van der Waals surface area contributed by atoms with Crippen molar-refractivity contribution in [2.24, 2.45) is 0 Å². The number of allylic oxidation sites excluding steroid dienone is 2. The molecule has 0 saturated carbocycles. The number of benzene rings is 1. The maximum absolute atomic E-state index is 9.04. The molecule has 0 aliphatic rings. The average Bonchev–Trinajstić information content (AvgIpc) is 2.83. The van der Waals surface area contributed by atoms with E-state index in [-0.39, 0.29) is 11.3 Å². The van der Waals surface area contributed by atoms with Crippen molar-refractivity contribution in [3.8, 4) is 18.2 Å². The lowest BCUT2D eigenvalue weighted by Gasteiger charge is -2.04. The minimum absolute atomic E-state index is 0.0591. The van der Waals surface area contributed by atoms with Gasteiger partial charge in [-0.3, -0.25) is 0 Å². The van der Waals surface area contributed by atoms with Crippen LogP contribution < -0.4 is 5.32 Å². The largest absolute Gasteiger partial charge is 0.461 e. The first kappa shape index (κ1) is 14.2. The molecule has 1 heterocycles. The van der Waals surface area contributed by atoms with E-state index in [0.29, 0.717) is 5.69 Å². The number of aryl methyl sites for hydroxylation is 2. The van der Waals surface area contributed by atoms with Crippen LogP contribution in [0.5, 0.6) is 0 Å². The van der Waals surface area contributed by atoms with Crippen LogP contribution in [0.2, 0.25) is 0 Å². The number of nitrogens with one attached hydrogen (secondary N) is 1. The number of nitrogens with zero attached hydrogens (tertiary/aromatic N) is 3. The van der Waals surface area contributed by atoms with Crippen LogP contribution in [0.25, 0.3) is 11.0 Å². The molecular weight excluding hydrogens is 264 g/mol. The van der Waals surface area contributed by atoms with Crippen LogP contribution in [0.4, 0.5) is 5.69 Å². The highest BCUT2D eigenvalue weighted by atomic mass is 16.3. The fourth-order valence-electron chi connectivity index (χ4n) is 2.11. The fourth-order valence-corrected chi connectivity index (χ4v) is 2.11. The number of fused-ring (bicyclic) bond motifs is 1. The maximum atomic E-state index is 9.04. The number of hydrogen-bond acceptors (Lipinski definition) is 5.